The summed E-state index contributed by atoms with van der Waals surface area (Å²) in [7, 11) is 3.74. The molecule has 0 amide bonds. The number of para-hydroxylation sites is 1. The van der Waals surface area contributed by atoms with Crippen LogP contribution in [0.1, 0.15) is 12.0 Å². The van der Waals surface area contributed by atoms with Gasteiger partial charge in [0, 0.05) is 25.2 Å². The minimum atomic E-state index is 0.276. The Kier molecular flexibility index (Phi) is 4.44. The van der Waals surface area contributed by atoms with Crippen molar-refractivity contribution in [1.82, 2.24) is 9.80 Å². The molecule has 1 heterocycles. The fourth-order valence-corrected chi connectivity index (χ4v) is 2.36. The molecule has 0 bridgehead atoms. The highest BCUT2D eigenvalue weighted by molar-refractivity contribution is 5.45. The molecule has 1 aliphatic heterocycles. The van der Waals surface area contributed by atoms with Gasteiger partial charge in [-0.05, 0) is 32.6 Å². The Morgan fingerprint density at radius 3 is 2.83 bits per heavy atom. The highest BCUT2D eigenvalue weighted by Crippen LogP contribution is 2.30. The van der Waals surface area contributed by atoms with Gasteiger partial charge in [0.1, 0.15) is 0 Å². The van der Waals surface area contributed by atoms with Gasteiger partial charge in [-0.25, -0.2) is 0 Å². The summed E-state index contributed by atoms with van der Waals surface area (Å²) >= 11 is 0. The molecule has 0 saturated carbocycles. The molecule has 100 valence electrons. The van der Waals surface area contributed by atoms with E-state index in [-0.39, 0.29) is 5.75 Å². The smallest absolute Gasteiger partial charge is 0.162 e. The SMILES string of the molecule is COc1cccc(CN2CCCN(C)CC2)c1O. The summed E-state index contributed by atoms with van der Waals surface area (Å²) in [4.78, 5) is 4.74. The number of likely N-dealkylation sites (N-methyl/N-ethyl adjacent to an activating group) is 1. The lowest BCUT2D eigenvalue weighted by Crippen LogP contribution is -2.28. The maximum Gasteiger partial charge on any atom is 0.162 e. The maximum absolute atomic E-state index is 10.1. The summed E-state index contributed by atoms with van der Waals surface area (Å²) in [6.07, 6.45) is 1.18. The molecule has 0 radical (unpaired) electrons. The third kappa shape index (κ3) is 3.15. The molecule has 18 heavy (non-hydrogen) atoms. The lowest BCUT2D eigenvalue weighted by molar-refractivity contribution is 0.264. The summed E-state index contributed by atoms with van der Waals surface area (Å²) < 4.78 is 5.14. The predicted octanol–water partition coefficient (Wildman–Crippen LogP) is 1.54. The Hall–Kier alpha value is -1.26. The molecule has 4 nitrogen and oxygen atoms in total. The standard InChI is InChI=1S/C14H22N2O2/c1-15-7-4-8-16(10-9-15)11-12-5-3-6-13(18-2)14(12)17/h3,5-6,17H,4,7-11H2,1-2H3. The van der Waals surface area contributed by atoms with Crippen molar-refractivity contribution in [3.05, 3.63) is 23.8 Å². The third-order valence-corrected chi connectivity index (χ3v) is 3.51. The maximum atomic E-state index is 10.1. The summed E-state index contributed by atoms with van der Waals surface area (Å²) in [5.74, 6) is 0.831. The third-order valence-electron chi connectivity index (χ3n) is 3.51. The highest BCUT2D eigenvalue weighted by Gasteiger charge is 2.15. The minimum absolute atomic E-state index is 0.276. The van der Waals surface area contributed by atoms with Crippen molar-refractivity contribution in [3.63, 3.8) is 0 Å². The number of phenolic OH excluding ortho intramolecular Hbond substituents is 1. The van der Waals surface area contributed by atoms with Crippen molar-refractivity contribution in [2.45, 2.75) is 13.0 Å². The van der Waals surface area contributed by atoms with Crippen LogP contribution in [0.4, 0.5) is 0 Å². The van der Waals surface area contributed by atoms with Crippen LogP contribution in [-0.2, 0) is 6.54 Å². The summed E-state index contributed by atoms with van der Waals surface area (Å²) in [6, 6.07) is 5.68. The van der Waals surface area contributed by atoms with Crippen LogP contribution >= 0.6 is 0 Å². The molecular weight excluding hydrogens is 228 g/mol. The average molecular weight is 250 g/mol. The van der Waals surface area contributed by atoms with Gasteiger partial charge in [0.25, 0.3) is 0 Å². The number of ether oxygens (including phenoxy) is 1. The summed E-state index contributed by atoms with van der Waals surface area (Å²) in [6.45, 7) is 5.16. The number of benzene rings is 1. The largest absolute Gasteiger partial charge is 0.504 e. The Labute approximate surface area is 109 Å². The topological polar surface area (TPSA) is 35.9 Å². The quantitative estimate of drug-likeness (QED) is 0.882. The van der Waals surface area contributed by atoms with E-state index >= 15 is 0 Å². The van der Waals surface area contributed by atoms with Gasteiger partial charge < -0.3 is 14.7 Å². The predicted molar refractivity (Wildman–Crippen MR) is 72.0 cm³/mol. The van der Waals surface area contributed by atoms with E-state index in [2.05, 4.69) is 16.8 Å². The van der Waals surface area contributed by atoms with Gasteiger partial charge in [-0.2, -0.15) is 0 Å². The van der Waals surface area contributed by atoms with Crippen LogP contribution in [0, 0.1) is 0 Å². The molecule has 1 fully saturated rings. The van der Waals surface area contributed by atoms with Crippen molar-refractivity contribution in [2.75, 3.05) is 40.3 Å². The van der Waals surface area contributed by atoms with Crippen LogP contribution in [0.25, 0.3) is 0 Å². The fraction of sp³-hybridized carbons (Fsp3) is 0.571. The molecule has 1 aliphatic rings. The molecule has 0 spiro atoms. The molecule has 1 aromatic carbocycles. The van der Waals surface area contributed by atoms with E-state index in [1.165, 1.54) is 6.42 Å². The average Bonchev–Trinajstić information content (AvgIpc) is 2.57. The van der Waals surface area contributed by atoms with Gasteiger partial charge in [-0.3, -0.25) is 4.90 Å². The van der Waals surface area contributed by atoms with Crippen molar-refractivity contribution in [1.29, 1.82) is 0 Å². The molecule has 4 heteroatoms. The first-order valence-corrected chi connectivity index (χ1v) is 6.46. The van der Waals surface area contributed by atoms with Gasteiger partial charge >= 0.3 is 0 Å². The van der Waals surface area contributed by atoms with Crippen LogP contribution < -0.4 is 4.74 Å². The number of nitrogens with zero attached hydrogens (tertiary/aromatic N) is 2. The zero-order chi connectivity index (χ0) is 13.0. The first-order chi connectivity index (χ1) is 8.70. The van der Waals surface area contributed by atoms with E-state index in [0.29, 0.717) is 5.75 Å². The Balaban J connectivity index is 2.04. The lowest BCUT2D eigenvalue weighted by Gasteiger charge is -2.21. The molecule has 0 atom stereocenters. The van der Waals surface area contributed by atoms with Crippen LogP contribution in [0.3, 0.4) is 0 Å². The van der Waals surface area contributed by atoms with E-state index in [0.717, 1.165) is 38.3 Å². The number of hydrogen-bond acceptors (Lipinski definition) is 4. The second kappa shape index (κ2) is 6.07. The molecule has 1 N–H and O–H groups in total. The molecule has 0 unspecified atom stereocenters. The molecule has 1 saturated heterocycles. The highest BCUT2D eigenvalue weighted by atomic mass is 16.5. The van der Waals surface area contributed by atoms with Gasteiger partial charge in [0.2, 0.25) is 0 Å². The lowest BCUT2D eigenvalue weighted by atomic mass is 10.1. The normalized spacial score (nSPS) is 18.6. The van der Waals surface area contributed by atoms with Gasteiger partial charge in [0.05, 0.1) is 7.11 Å². The van der Waals surface area contributed by atoms with Crippen molar-refractivity contribution in [2.24, 2.45) is 0 Å². The Morgan fingerprint density at radius 1 is 1.22 bits per heavy atom. The number of rotatable bonds is 3. The number of phenols is 1. The van der Waals surface area contributed by atoms with Gasteiger partial charge in [-0.1, -0.05) is 12.1 Å². The van der Waals surface area contributed by atoms with E-state index in [9.17, 15) is 5.11 Å². The first kappa shape index (κ1) is 13.2. The number of aromatic hydroxyl groups is 1. The van der Waals surface area contributed by atoms with E-state index in [1.54, 1.807) is 13.2 Å². The van der Waals surface area contributed by atoms with E-state index < -0.39 is 0 Å². The number of hydrogen-bond donors (Lipinski definition) is 1. The Morgan fingerprint density at radius 2 is 2.06 bits per heavy atom. The summed E-state index contributed by atoms with van der Waals surface area (Å²) in [5, 5.41) is 10.1. The van der Waals surface area contributed by atoms with E-state index in [4.69, 9.17) is 4.74 Å². The zero-order valence-electron chi connectivity index (χ0n) is 11.2. The van der Waals surface area contributed by atoms with Crippen LogP contribution in [0.15, 0.2) is 18.2 Å². The monoisotopic (exact) mass is 250 g/mol. The molecular formula is C14H22N2O2. The molecule has 2 rings (SSSR count). The molecule has 0 aliphatic carbocycles. The van der Waals surface area contributed by atoms with Gasteiger partial charge in [-0.15, -0.1) is 0 Å². The van der Waals surface area contributed by atoms with Gasteiger partial charge in [0.15, 0.2) is 11.5 Å². The molecule has 1 aromatic rings. The first-order valence-electron chi connectivity index (χ1n) is 6.46. The van der Waals surface area contributed by atoms with Crippen LogP contribution in [0.2, 0.25) is 0 Å². The Bertz CT molecular complexity index is 395. The second-order valence-corrected chi connectivity index (χ2v) is 4.90. The number of methoxy groups -OCH3 is 1. The molecule has 0 aromatic heterocycles. The fourth-order valence-electron chi connectivity index (χ4n) is 2.36. The van der Waals surface area contributed by atoms with Crippen LogP contribution in [0.5, 0.6) is 11.5 Å². The minimum Gasteiger partial charge on any atom is -0.504 e. The van der Waals surface area contributed by atoms with Crippen molar-refractivity contribution < 1.29 is 9.84 Å². The van der Waals surface area contributed by atoms with Crippen molar-refractivity contribution >= 4 is 0 Å². The second-order valence-electron chi connectivity index (χ2n) is 4.90. The zero-order valence-corrected chi connectivity index (χ0v) is 11.2. The van der Waals surface area contributed by atoms with Crippen LogP contribution in [-0.4, -0.2) is 55.2 Å². The van der Waals surface area contributed by atoms with E-state index in [1.807, 2.05) is 12.1 Å². The van der Waals surface area contributed by atoms with Crippen molar-refractivity contribution in [3.8, 4) is 11.5 Å². The summed E-state index contributed by atoms with van der Waals surface area (Å²) in [5.41, 5.74) is 0.943.